The van der Waals surface area contributed by atoms with E-state index < -0.39 is 0 Å². The zero-order valence-electron chi connectivity index (χ0n) is 8.61. The van der Waals surface area contributed by atoms with Gasteiger partial charge in [-0.2, -0.15) is 0 Å². The van der Waals surface area contributed by atoms with E-state index >= 15 is 0 Å². The number of hydrogen-bond donors (Lipinski definition) is 1. The van der Waals surface area contributed by atoms with Crippen molar-refractivity contribution in [2.45, 2.75) is 12.8 Å². The van der Waals surface area contributed by atoms with Crippen molar-refractivity contribution in [1.29, 1.82) is 0 Å². The highest BCUT2D eigenvalue weighted by Gasteiger charge is 2.06. The largest absolute Gasteiger partial charge is 0.508 e. The number of aldehydes is 1. The van der Waals surface area contributed by atoms with Crippen molar-refractivity contribution in [2.24, 2.45) is 0 Å². The number of aryl methyl sites for hydroxylation is 1. The fourth-order valence-electron chi connectivity index (χ4n) is 1.82. The molecule has 0 bridgehead atoms. The van der Waals surface area contributed by atoms with Crippen LogP contribution >= 0.6 is 11.6 Å². The van der Waals surface area contributed by atoms with Crippen LogP contribution in [0.25, 0.3) is 10.8 Å². The second-order valence-corrected chi connectivity index (χ2v) is 4.07. The first kappa shape index (κ1) is 11.0. The molecule has 1 N–H and O–H groups in total. The van der Waals surface area contributed by atoms with Crippen molar-refractivity contribution >= 4 is 28.7 Å². The summed E-state index contributed by atoms with van der Waals surface area (Å²) in [4.78, 5) is 10.4. The molecule has 0 fully saturated rings. The van der Waals surface area contributed by atoms with Crippen molar-refractivity contribution in [3.63, 3.8) is 0 Å². The summed E-state index contributed by atoms with van der Waals surface area (Å²) in [5.74, 6) is 0.233. The van der Waals surface area contributed by atoms with E-state index in [-0.39, 0.29) is 5.75 Å². The summed E-state index contributed by atoms with van der Waals surface area (Å²) in [5.41, 5.74) is 0.807. The predicted octanol–water partition coefficient (Wildman–Crippen LogP) is 3.33. The van der Waals surface area contributed by atoms with E-state index in [0.29, 0.717) is 17.9 Å². The standard InChI is InChI=1S/C13H11ClO2/c14-10-4-5-11-9(8-10)3-6-13(16)12(11)2-1-7-15/h3-8,16H,1-2H2. The van der Waals surface area contributed by atoms with Gasteiger partial charge in [0.15, 0.2) is 0 Å². The number of phenolic OH excluding ortho intramolecular Hbond substituents is 1. The van der Waals surface area contributed by atoms with Gasteiger partial charge in [0.25, 0.3) is 0 Å². The van der Waals surface area contributed by atoms with E-state index in [9.17, 15) is 9.90 Å². The average molecular weight is 235 g/mol. The predicted molar refractivity (Wildman–Crippen MR) is 65.0 cm³/mol. The van der Waals surface area contributed by atoms with Crippen LogP contribution in [0.5, 0.6) is 5.75 Å². The lowest BCUT2D eigenvalue weighted by Gasteiger charge is -2.07. The van der Waals surface area contributed by atoms with Gasteiger partial charge in [0.2, 0.25) is 0 Å². The van der Waals surface area contributed by atoms with Crippen LogP contribution in [-0.2, 0) is 11.2 Å². The Bertz CT molecular complexity index is 535. The van der Waals surface area contributed by atoms with E-state index in [0.717, 1.165) is 22.6 Å². The smallest absolute Gasteiger partial charge is 0.120 e. The summed E-state index contributed by atoms with van der Waals surface area (Å²) < 4.78 is 0. The SMILES string of the molecule is O=CCCc1c(O)ccc2cc(Cl)ccc12. The second-order valence-electron chi connectivity index (χ2n) is 3.63. The highest BCUT2D eigenvalue weighted by Crippen LogP contribution is 2.29. The number of aromatic hydroxyl groups is 1. The molecule has 0 aliphatic heterocycles. The Hall–Kier alpha value is -1.54. The van der Waals surface area contributed by atoms with Crippen LogP contribution < -0.4 is 0 Å². The lowest BCUT2D eigenvalue weighted by atomic mass is 10.00. The van der Waals surface area contributed by atoms with Crippen molar-refractivity contribution in [2.75, 3.05) is 0 Å². The zero-order valence-corrected chi connectivity index (χ0v) is 9.37. The summed E-state index contributed by atoms with van der Waals surface area (Å²) >= 11 is 5.90. The fourth-order valence-corrected chi connectivity index (χ4v) is 2.00. The maximum Gasteiger partial charge on any atom is 0.120 e. The molecule has 0 heterocycles. The Labute approximate surface area is 98.5 Å². The second kappa shape index (κ2) is 4.54. The summed E-state index contributed by atoms with van der Waals surface area (Å²) in [5, 5.41) is 12.3. The number of halogens is 1. The molecule has 2 aromatic rings. The number of carbonyl (C=O) groups excluding carboxylic acids is 1. The van der Waals surface area contributed by atoms with Gasteiger partial charge in [-0.25, -0.2) is 0 Å². The Morgan fingerprint density at radius 1 is 1.25 bits per heavy atom. The van der Waals surface area contributed by atoms with Crippen LogP contribution in [0.1, 0.15) is 12.0 Å². The van der Waals surface area contributed by atoms with Gasteiger partial charge < -0.3 is 9.90 Å². The first-order chi connectivity index (χ1) is 7.72. The Kier molecular flexibility index (Phi) is 3.11. The first-order valence-electron chi connectivity index (χ1n) is 5.06. The molecule has 0 saturated carbocycles. The number of rotatable bonds is 3. The lowest BCUT2D eigenvalue weighted by molar-refractivity contribution is -0.107. The highest BCUT2D eigenvalue weighted by atomic mass is 35.5. The van der Waals surface area contributed by atoms with Gasteiger partial charge in [-0.3, -0.25) is 0 Å². The number of phenols is 1. The molecular weight excluding hydrogens is 224 g/mol. The molecule has 16 heavy (non-hydrogen) atoms. The van der Waals surface area contributed by atoms with Gasteiger partial charge in [-0.15, -0.1) is 0 Å². The molecule has 0 spiro atoms. The van der Waals surface area contributed by atoms with Crippen LogP contribution in [0.4, 0.5) is 0 Å². The molecule has 0 saturated heterocycles. The van der Waals surface area contributed by atoms with Crippen molar-refractivity contribution in [3.8, 4) is 5.75 Å². The van der Waals surface area contributed by atoms with Gasteiger partial charge in [0.1, 0.15) is 12.0 Å². The quantitative estimate of drug-likeness (QED) is 0.828. The van der Waals surface area contributed by atoms with Gasteiger partial charge >= 0.3 is 0 Å². The molecule has 0 amide bonds. The van der Waals surface area contributed by atoms with Gasteiger partial charge in [-0.05, 0) is 35.4 Å². The third kappa shape index (κ3) is 2.02. The molecule has 2 nitrogen and oxygen atoms in total. The van der Waals surface area contributed by atoms with Crippen LogP contribution in [-0.4, -0.2) is 11.4 Å². The molecule has 0 radical (unpaired) electrons. The maximum atomic E-state index is 10.4. The minimum atomic E-state index is 0.233. The van der Waals surface area contributed by atoms with Crippen molar-refractivity contribution in [3.05, 3.63) is 40.9 Å². The fraction of sp³-hybridized carbons (Fsp3) is 0.154. The molecule has 3 heteroatoms. The Morgan fingerprint density at radius 3 is 2.81 bits per heavy atom. The van der Waals surface area contributed by atoms with Gasteiger partial charge in [0.05, 0.1) is 0 Å². The molecule has 0 unspecified atom stereocenters. The van der Waals surface area contributed by atoms with Gasteiger partial charge in [-0.1, -0.05) is 23.7 Å². The van der Waals surface area contributed by atoms with Crippen LogP contribution in [0.2, 0.25) is 5.02 Å². The molecule has 82 valence electrons. The summed E-state index contributed by atoms with van der Waals surface area (Å²) in [6.07, 6.45) is 1.82. The van der Waals surface area contributed by atoms with E-state index in [1.807, 2.05) is 18.2 Å². The van der Waals surface area contributed by atoms with Crippen molar-refractivity contribution in [1.82, 2.24) is 0 Å². The van der Waals surface area contributed by atoms with Crippen LogP contribution in [0.15, 0.2) is 30.3 Å². The monoisotopic (exact) mass is 234 g/mol. The highest BCUT2D eigenvalue weighted by molar-refractivity contribution is 6.31. The Balaban J connectivity index is 2.59. The van der Waals surface area contributed by atoms with E-state index in [2.05, 4.69) is 0 Å². The van der Waals surface area contributed by atoms with E-state index in [4.69, 9.17) is 11.6 Å². The molecule has 0 aliphatic carbocycles. The summed E-state index contributed by atoms with van der Waals surface area (Å²) in [6, 6.07) is 8.96. The minimum Gasteiger partial charge on any atom is -0.508 e. The Morgan fingerprint density at radius 2 is 2.06 bits per heavy atom. The van der Waals surface area contributed by atoms with E-state index in [1.54, 1.807) is 12.1 Å². The van der Waals surface area contributed by atoms with Crippen LogP contribution in [0.3, 0.4) is 0 Å². The number of carbonyl (C=O) groups is 1. The molecule has 0 atom stereocenters. The molecule has 0 aromatic heterocycles. The first-order valence-corrected chi connectivity index (χ1v) is 5.44. The summed E-state index contributed by atoms with van der Waals surface area (Å²) in [7, 11) is 0. The minimum absolute atomic E-state index is 0.233. The maximum absolute atomic E-state index is 10.4. The summed E-state index contributed by atoms with van der Waals surface area (Å²) in [6.45, 7) is 0. The molecule has 2 rings (SSSR count). The third-order valence-corrected chi connectivity index (χ3v) is 2.82. The zero-order chi connectivity index (χ0) is 11.5. The molecular formula is C13H11ClO2. The normalized spacial score (nSPS) is 10.6. The topological polar surface area (TPSA) is 37.3 Å². The average Bonchev–Trinajstić information content (AvgIpc) is 2.28. The number of fused-ring (bicyclic) bond motifs is 1. The van der Waals surface area contributed by atoms with Gasteiger partial charge in [0, 0.05) is 17.0 Å². The molecule has 2 aromatic carbocycles. The van der Waals surface area contributed by atoms with Crippen molar-refractivity contribution < 1.29 is 9.90 Å². The lowest BCUT2D eigenvalue weighted by Crippen LogP contribution is -1.89. The molecule has 0 aliphatic rings. The van der Waals surface area contributed by atoms with E-state index in [1.165, 1.54) is 0 Å². The number of benzene rings is 2. The van der Waals surface area contributed by atoms with Crippen LogP contribution in [0, 0.1) is 0 Å². The number of hydrogen-bond acceptors (Lipinski definition) is 2. The third-order valence-electron chi connectivity index (χ3n) is 2.58.